The SMILES string of the molecule is CCOC1Oc2ccc([N+](=O)[O-])cc2C(=O)C1=Nc1ccc(C(=O)O)c(O)c1. The molecule has 0 saturated heterocycles. The molecule has 2 aromatic rings. The van der Waals surface area contributed by atoms with Crippen molar-refractivity contribution in [3.63, 3.8) is 0 Å². The molecule has 0 amide bonds. The van der Waals surface area contributed by atoms with Gasteiger partial charge in [-0.15, -0.1) is 0 Å². The number of carboxylic acid groups (broad SMARTS) is 1. The molecule has 144 valence electrons. The Balaban J connectivity index is 2.07. The molecule has 1 aliphatic rings. The summed E-state index contributed by atoms with van der Waals surface area (Å²) in [5.41, 5.74) is -0.744. The number of hydrogen-bond acceptors (Lipinski definition) is 8. The van der Waals surface area contributed by atoms with Crippen molar-refractivity contribution in [2.45, 2.75) is 13.2 Å². The van der Waals surface area contributed by atoms with Crippen LogP contribution in [0.3, 0.4) is 0 Å². The summed E-state index contributed by atoms with van der Waals surface area (Å²) in [4.78, 5) is 38.3. The van der Waals surface area contributed by atoms with Crippen molar-refractivity contribution in [2.75, 3.05) is 6.61 Å². The molecule has 1 aliphatic heterocycles. The van der Waals surface area contributed by atoms with Gasteiger partial charge in [0.25, 0.3) is 5.69 Å². The fraction of sp³-hybridized carbons (Fsp3) is 0.167. The van der Waals surface area contributed by atoms with Gasteiger partial charge in [0.05, 0.1) is 16.2 Å². The number of nitro groups is 1. The van der Waals surface area contributed by atoms with Crippen LogP contribution in [0.4, 0.5) is 11.4 Å². The number of non-ortho nitro benzene ring substituents is 1. The highest BCUT2D eigenvalue weighted by molar-refractivity contribution is 6.49. The number of carboxylic acids is 1. The molecule has 0 saturated carbocycles. The molecular weight excluding hydrogens is 372 g/mol. The molecule has 0 spiro atoms. The first kappa shape index (κ1) is 19.0. The van der Waals surface area contributed by atoms with Crippen molar-refractivity contribution >= 4 is 28.8 Å². The lowest BCUT2D eigenvalue weighted by Gasteiger charge is -2.26. The minimum Gasteiger partial charge on any atom is -0.507 e. The minimum atomic E-state index is -1.32. The van der Waals surface area contributed by atoms with E-state index in [9.17, 15) is 24.8 Å². The van der Waals surface area contributed by atoms with Crippen LogP contribution in [-0.4, -0.2) is 45.5 Å². The number of phenols is 1. The van der Waals surface area contributed by atoms with Crippen LogP contribution in [0.5, 0.6) is 11.5 Å². The minimum absolute atomic E-state index is 0.0460. The molecule has 10 nitrogen and oxygen atoms in total. The van der Waals surface area contributed by atoms with Gasteiger partial charge in [0, 0.05) is 24.8 Å². The number of ether oxygens (including phenoxy) is 2. The molecule has 0 aromatic heterocycles. The third-order valence-electron chi connectivity index (χ3n) is 3.89. The number of hydrogen-bond donors (Lipinski definition) is 2. The van der Waals surface area contributed by atoms with E-state index in [-0.39, 0.29) is 40.6 Å². The van der Waals surface area contributed by atoms with E-state index in [0.29, 0.717) is 0 Å². The van der Waals surface area contributed by atoms with Crippen LogP contribution >= 0.6 is 0 Å². The summed E-state index contributed by atoms with van der Waals surface area (Å²) in [6.45, 7) is 1.88. The van der Waals surface area contributed by atoms with Crippen LogP contribution in [0.2, 0.25) is 0 Å². The second-order valence-electron chi connectivity index (χ2n) is 5.68. The first-order chi connectivity index (χ1) is 13.3. The average molecular weight is 386 g/mol. The number of ketones is 1. The van der Waals surface area contributed by atoms with Crippen LogP contribution in [0.25, 0.3) is 0 Å². The molecule has 0 bridgehead atoms. The number of aliphatic imine (C=N–C) groups is 1. The number of benzene rings is 2. The third-order valence-corrected chi connectivity index (χ3v) is 3.89. The number of aromatic carboxylic acids is 1. The van der Waals surface area contributed by atoms with Gasteiger partial charge >= 0.3 is 5.97 Å². The lowest BCUT2D eigenvalue weighted by molar-refractivity contribution is -0.384. The van der Waals surface area contributed by atoms with Gasteiger partial charge in [0.2, 0.25) is 12.1 Å². The Morgan fingerprint density at radius 1 is 1.32 bits per heavy atom. The van der Waals surface area contributed by atoms with E-state index < -0.39 is 28.7 Å². The first-order valence-electron chi connectivity index (χ1n) is 8.08. The molecule has 2 aromatic carbocycles. The topological polar surface area (TPSA) is 149 Å². The molecule has 3 rings (SSSR count). The summed E-state index contributed by atoms with van der Waals surface area (Å²) in [5, 5.41) is 29.8. The maximum atomic E-state index is 12.9. The number of Topliss-reactive ketones (excluding diaryl/α,β-unsaturated/α-hetero) is 1. The standard InChI is InChI=1S/C18H14N2O8/c1-2-27-18-15(19-9-3-5-11(17(23)24)13(21)7-9)16(22)12-8-10(20(25)26)4-6-14(12)28-18/h3-8,18,21H,2H2,1H3,(H,23,24). The molecular formula is C18H14N2O8. The fourth-order valence-electron chi connectivity index (χ4n) is 2.61. The highest BCUT2D eigenvalue weighted by Crippen LogP contribution is 2.32. The molecule has 1 atom stereocenters. The Morgan fingerprint density at radius 2 is 2.07 bits per heavy atom. The number of carbonyl (C=O) groups is 2. The second kappa shape index (κ2) is 7.45. The Bertz CT molecular complexity index is 1010. The zero-order chi connectivity index (χ0) is 20.4. The van der Waals surface area contributed by atoms with E-state index in [1.54, 1.807) is 6.92 Å². The largest absolute Gasteiger partial charge is 0.507 e. The molecule has 2 N–H and O–H groups in total. The van der Waals surface area contributed by atoms with Crippen molar-refractivity contribution in [2.24, 2.45) is 4.99 Å². The van der Waals surface area contributed by atoms with E-state index in [4.69, 9.17) is 14.6 Å². The number of carbonyl (C=O) groups excluding carboxylic acids is 1. The van der Waals surface area contributed by atoms with Gasteiger partial charge < -0.3 is 19.7 Å². The van der Waals surface area contributed by atoms with Gasteiger partial charge in [0.15, 0.2) is 5.71 Å². The van der Waals surface area contributed by atoms with Crippen LogP contribution in [0.15, 0.2) is 41.4 Å². The highest BCUT2D eigenvalue weighted by atomic mass is 16.7. The lowest BCUT2D eigenvalue weighted by Crippen LogP contribution is -2.40. The lowest BCUT2D eigenvalue weighted by atomic mass is 10.0. The van der Waals surface area contributed by atoms with E-state index in [1.165, 1.54) is 18.2 Å². The van der Waals surface area contributed by atoms with Crippen LogP contribution in [-0.2, 0) is 4.74 Å². The molecule has 10 heteroatoms. The van der Waals surface area contributed by atoms with Crippen LogP contribution in [0, 0.1) is 10.1 Å². The summed E-state index contributed by atoms with van der Waals surface area (Å²) in [6.07, 6.45) is -1.16. The van der Waals surface area contributed by atoms with Crippen molar-refractivity contribution < 1.29 is 34.2 Å². The van der Waals surface area contributed by atoms with E-state index in [1.807, 2.05) is 0 Å². The molecule has 0 fully saturated rings. The zero-order valence-corrected chi connectivity index (χ0v) is 14.5. The fourth-order valence-corrected chi connectivity index (χ4v) is 2.61. The smallest absolute Gasteiger partial charge is 0.339 e. The normalized spacial score (nSPS) is 17.1. The number of rotatable bonds is 5. The number of aromatic hydroxyl groups is 1. The zero-order valence-electron chi connectivity index (χ0n) is 14.5. The molecule has 0 aliphatic carbocycles. The Morgan fingerprint density at radius 3 is 2.68 bits per heavy atom. The van der Waals surface area contributed by atoms with Gasteiger partial charge in [-0.2, -0.15) is 0 Å². The number of nitro benzene ring substituents is 1. The molecule has 1 unspecified atom stereocenters. The van der Waals surface area contributed by atoms with Gasteiger partial charge in [-0.05, 0) is 25.1 Å². The number of fused-ring (bicyclic) bond motifs is 1. The summed E-state index contributed by atoms with van der Waals surface area (Å²) in [5.74, 6) is -2.35. The predicted molar refractivity (Wildman–Crippen MR) is 95.6 cm³/mol. The van der Waals surface area contributed by atoms with E-state index >= 15 is 0 Å². The van der Waals surface area contributed by atoms with Crippen LogP contribution in [0.1, 0.15) is 27.6 Å². The van der Waals surface area contributed by atoms with Crippen molar-refractivity contribution in [1.29, 1.82) is 0 Å². The maximum Gasteiger partial charge on any atom is 0.339 e. The second-order valence-corrected chi connectivity index (χ2v) is 5.68. The Hall–Kier alpha value is -3.79. The van der Waals surface area contributed by atoms with Crippen molar-refractivity contribution in [1.82, 2.24) is 0 Å². The van der Waals surface area contributed by atoms with E-state index in [2.05, 4.69) is 4.99 Å². The molecule has 1 heterocycles. The Labute approximate surface area is 157 Å². The maximum absolute atomic E-state index is 12.9. The number of nitrogens with zero attached hydrogens (tertiary/aromatic N) is 2. The highest BCUT2D eigenvalue weighted by Gasteiger charge is 2.35. The van der Waals surface area contributed by atoms with Crippen molar-refractivity contribution in [3.05, 3.63) is 57.6 Å². The van der Waals surface area contributed by atoms with Crippen molar-refractivity contribution in [3.8, 4) is 11.5 Å². The average Bonchev–Trinajstić information content (AvgIpc) is 2.64. The molecule has 28 heavy (non-hydrogen) atoms. The van der Waals surface area contributed by atoms with E-state index in [0.717, 1.165) is 18.2 Å². The van der Waals surface area contributed by atoms with Crippen LogP contribution < -0.4 is 4.74 Å². The summed E-state index contributed by atoms with van der Waals surface area (Å²) in [7, 11) is 0. The van der Waals surface area contributed by atoms with Gasteiger partial charge in [-0.25, -0.2) is 9.79 Å². The summed E-state index contributed by atoms with van der Waals surface area (Å²) < 4.78 is 11.0. The molecule has 0 radical (unpaired) electrons. The quantitative estimate of drug-likeness (QED) is 0.588. The monoisotopic (exact) mass is 386 g/mol. The first-order valence-corrected chi connectivity index (χ1v) is 8.08. The van der Waals surface area contributed by atoms with Gasteiger partial charge in [-0.1, -0.05) is 0 Å². The summed E-state index contributed by atoms with van der Waals surface area (Å²) in [6, 6.07) is 7.12. The van der Waals surface area contributed by atoms with Gasteiger partial charge in [-0.3, -0.25) is 14.9 Å². The summed E-state index contributed by atoms with van der Waals surface area (Å²) >= 11 is 0. The van der Waals surface area contributed by atoms with Gasteiger partial charge in [0.1, 0.15) is 17.1 Å². The Kier molecular flexibility index (Phi) is 5.05. The third kappa shape index (κ3) is 3.53. The predicted octanol–water partition coefficient (Wildman–Crippen LogP) is 2.71.